The van der Waals surface area contributed by atoms with Crippen molar-refractivity contribution in [2.24, 2.45) is 0 Å². The van der Waals surface area contributed by atoms with Crippen LogP contribution in [0.4, 0.5) is 0 Å². The lowest BCUT2D eigenvalue weighted by molar-refractivity contribution is 0.390. The molecule has 0 bridgehead atoms. The Hall–Kier alpha value is -1.99. The zero-order valence-corrected chi connectivity index (χ0v) is 15.7. The second kappa shape index (κ2) is 7.72. The molecular formula is C17H17BrO5S. The van der Waals surface area contributed by atoms with Crippen molar-refractivity contribution in [3.8, 4) is 17.2 Å². The van der Waals surface area contributed by atoms with Crippen LogP contribution in [-0.4, -0.2) is 22.6 Å². The molecule has 0 amide bonds. The maximum absolute atomic E-state index is 12.5. The third-order valence-corrected chi connectivity index (χ3v) is 5.07. The molecule has 0 aliphatic heterocycles. The largest absolute Gasteiger partial charge is 0.496 e. The highest BCUT2D eigenvalue weighted by Crippen LogP contribution is 2.33. The predicted octanol–water partition coefficient (Wildman–Crippen LogP) is 3.96. The van der Waals surface area contributed by atoms with Crippen LogP contribution in [0.5, 0.6) is 17.2 Å². The zero-order chi connectivity index (χ0) is 17.7. The number of benzene rings is 2. The molecule has 0 unspecified atom stereocenters. The Balaban J connectivity index is 2.35. The van der Waals surface area contributed by atoms with E-state index >= 15 is 0 Å². The van der Waals surface area contributed by atoms with Crippen LogP contribution in [0.1, 0.15) is 5.56 Å². The fourth-order valence-corrected chi connectivity index (χ4v) is 3.70. The molecule has 0 saturated heterocycles. The first kappa shape index (κ1) is 18.4. The molecule has 0 aliphatic carbocycles. The van der Waals surface area contributed by atoms with Gasteiger partial charge in [0.2, 0.25) is 0 Å². The average Bonchev–Trinajstić information content (AvgIpc) is 2.56. The van der Waals surface area contributed by atoms with Gasteiger partial charge in [0, 0.05) is 0 Å². The minimum atomic E-state index is -4.00. The average molecular weight is 413 g/mol. The fourth-order valence-electron chi connectivity index (χ4n) is 2.04. The lowest BCUT2D eigenvalue weighted by Crippen LogP contribution is -2.10. The summed E-state index contributed by atoms with van der Waals surface area (Å²) in [5, 5.41) is 0. The predicted molar refractivity (Wildman–Crippen MR) is 95.4 cm³/mol. The monoisotopic (exact) mass is 412 g/mol. The number of ether oxygens (including phenoxy) is 2. The lowest BCUT2D eigenvalue weighted by atomic mass is 10.1. The summed E-state index contributed by atoms with van der Waals surface area (Å²) >= 11 is 3.26. The summed E-state index contributed by atoms with van der Waals surface area (Å²) in [5.74, 6) is 0.989. The van der Waals surface area contributed by atoms with Crippen molar-refractivity contribution in [2.45, 2.75) is 11.3 Å². The van der Waals surface area contributed by atoms with Gasteiger partial charge < -0.3 is 13.7 Å². The molecule has 0 saturated carbocycles. The third kappa shape index (κ3) is 4.10. The zero-order valence-electron chi connectivity index (χ0n) is 13.3. The van der Waals surface area contributed by atoms with Crippen LogP contribution < -0.4 is 13.7 Å². The number of methoxy groups -OCH3 is 2. The first-order valence-electron chi connectivity index (χ1n) is 6.97. The summed E-state index contributed by atoms with van der Waals surface area (Å²) in [6.07, 6.45) is 2.40. The Morgan fingerprint density at radius 2 is 1.71 bits per heavy atom. The fraction of sp³-hybridized carbons (Fsp3) is 0.176. The molecular weight excluding hydrogens is 396 g/mol. The van der Waals surface area contributed by atoms with Crippen molar-refractivity contribution in [1.29, 1.82) is 0 Å². The summed E-state index contributed by atoms with van der Waals surface area (Å²) < 4.78 is 41.0. The van der Waals surface area contributed by atoms with E-state index in [4.69, 9.17) is 13.7 Å². The van der Waals surface area contributed by atoms with E-state index in [2.05, 4.69) is 22.5 Å². The van der Waals surface area contributed by atoms with Gasteiger partial charge in [0.05, 0.1) is 18.7 Å². The van der Waals surface area contributed by atoms with E-state index in [0.29, 0.717) is 22.4 Å². The Morgan fingerprint density at radius 1 is 1.04 bits per heavy atom. The minimum absolute atomic E-state index is 0.00685. The van der Waals surface area contributed by atoms with Gasteiger partial charge in [-0.15, -0.1) is 6.58 Å². The molecule has 0 aromatic heterocycles. The molecule has 0 aliphatic rings. The van der Waals surface area contributed by atoms with Crippen LogP contribution in [0.15, 0.2) is 58.4 Å². The van der Waals surface area contributed by atoms with Crippen molar-refractivity contribution >= 4 is 26.0 Å². The van der Waals surface area contributed by atoms with Crippen LogP contribution in [0.25, 0.3) is 0 Å². The van der Waals surface area contributed by atoms with E-state index in [1.54, 1.807) is 30.3 Å². The van der Waals surface area contributed by atoms with Crippen LogP contribution in [0, 0.1) is 0 Å². The molecule has 128 valence electrons. The normalized spacial score (nSPS) is 11.0. The lowest BCUT2D eigenvalue weighted by Gasteiger charge is -2.12. The van der Waals surface area contributed by atoms with Gasteiger partial charge in [-0.3, -0.25) is 0 Å². The summed E-state index contributed by atoms with van der Waals surface area (Å²) in [5.41, 5.74) is 0.943. The quantitative estimate of drug-likeness (QED) is 0.508. The van der Waals surface area contributed by atoms with Crippen LogP contribution in [-0.2, 0) is 16.5 Å². The molecule has 0 fully saturated rings. The number of rotatable bonds is 7. The topological polar surface area (TPSA) is 61.8 Å². The summed E-state index contributed by atoms with van der Waals surface area (Å²) in [4.78, 5) is 0.00685. The Morgan fingerprint density at radius 3 is 2.29 bits per heavy atom. The molecule has 0 spiro atoms. The number of halogens is 1. The molecule has 0 atom stereocenters. The van der Waals surface area contributed by atoms with Crippen molar-refractivity contribution in [2.75, 3.05) is 14.2 Å². The number of hydrogen-bond acceptors (Lipinski definition) is 5. The first-order valence-corrected chi connectivity index (χ1v) is 9.17. The summed E-state index contributed by atoms with van der Waals surface area (Å²) in [6, 6.07) is 9.43. The van der Waals surface area contributed by atoms with Crippen LogP contribution in [0.2, 0.25) is 0 Å². The van der Waals surface area contributed by atoms with Crippen molar-refractivity contribution in [3.63, 3.8) is 0 Å². The maximum atomic E-state index is 12.5. The van der Waals surface area contributed by atoms with Gasteiger partial charge in [0.1, 0.15) is 10.6 Å². The number of allylic oxidation sites excluding steroid dienone is 1. The van der Waals surface area contributed by atoms with Crippen molar-refractivity contribution < 1.29 is 22.1 Å². The Labute approximate surface area is 150 Å². The van der Waals surface area contributed by atoms with Crippen LogP contribution in [0.3, 0.4) is 0 Å². The molecule has 2 aromatic carbocycles. The maximum Gasteiger partial charge on any atom is 0.339 e. The molecule has 0 heterocycles. The first-order chi connectivity index (χ1) is 11.4. The summed E-state index contributed by atoms with van der Waals surface area (Å²) in [6.45, 7) is 3.67. The second-order valence-corrected chi connectivity index (χ2v) is 7.21. The van der Waals surface area contributed by atoms with Gasteiger partial charge in [-0.25, -0.2) is 0 Å². The molecule has 2 aromatic rings. The van der Waals surface area contributed by atoms with Gasteiger partial charge in [-0.2, -0.15) is 8.42 Å². The van der Waals surface area contributed by atoms with E-state index in [0.717, 1.165) is 5.56 Å². The van der Waals surface area contributed by atoms with Crippen molar-refractivity contribution in [1.82, 2.24) is 0 Å². The van der Waals surface area contributed by atoms with Gasteiger partial charge >= 0.3 is 10.1 Å². The molecule has 2 rings (SSSR count). The van der Waals surface area contributed by atoms with E-state index in [1.165, 1.54) is 26.4 Å². The standard InChI is InChI=1S/C17H17BrO5S/c1-4-5-12-6-8-16(17(10-12)22-3)23-24(19,20)13-7-9-15(21-2)14(18)11-13/h4,6-11H,1,5H2,2-3H3. The van der Waals surface area contributed by atoms with E-state index in [-0.39, 0.29) is 10.6 Å². The number of hydrogen-bond donors (Lipinski definition) is 0. The third-order valence-electron chi connectivity index (χ3n) is 3.22. The smallest absolute Gasteiger partial charge is 0.339 e. The van der Waals surface area contributed by atoms with Gasteiger partial charge in [0.15, 0.2) is 11.5 Å². The second-order valence-electron chi connectivity index (χ2n) is 4.81. The van der Waals surface area contributed by atoms with Crippen molar-refractivity contribution in [3.05, 3.63) is 59.1 Å². The van der Waals surface area contributed by atoms with Gasteiger partial charge in [-0.1, -0.05) is 12.1 Å². The molecule has 7 heteroatoms. The van der Waals surface area contributed by atoms with E-state index < -0.39 is 10.1 Å². The highest BCUT2D eigenvalue weighted by Gasteiger charge is 2.20. The van der Waals surface area contributed by atoms with E-state index in [9.17, 15) is 8.42 Å². The highest BCUT2D eigenvalue weighted by molar-refractivity contribution is 9.10. The summed E-state index contributed by atoms with van der Waals surface area (Å²) in [7, 11) is -1.05. The SMILES string of the molecule is C=CCc1ccc(OS(=O)(=O)c2ccc(OC)c(Br)c2)c(OC)c1. The molecule has 0 radical (unpaired) electrons. The molecule has 5 nitrogen and oxygen atoms in total. The Kier molecular flexibility index (Phi) is 5.90. The van der Waals surface area contributed by atoms with E-state index in [1.807, 2.05) is 0 Å². The van der Waals surface area contributed by atoms with Gasteiger partial charge in [-0.05, 0) is 58.2 Å². The van der Waals surface area contributed by atoms with Gasteiger partial charge in [0.25, 0.3) is 0 Å². The van der Waals surface area contributed by atoms with Crippen LogP contribution >= 0.6 is 15.9 Å². The molecule has 24 heavy (non-hydrogen) atoms. The molecule has 0 N–H and O–H groups in total. The minimum Gasteiger partial charge on any atom is -0.496 e. The Bertz CT molecular complexity index is 846. The highest BCUT2D eigenvalue weighted by atomic mass is 79.9.